The van der Waals surface area contributed by atoms with E-state index in [9.17, 15) is 4.39 Å². The van der Waals surface area contributed by atoms with Gasteiger partial charge in [0.1, 0.15) is 0 Å². The molecule has 2 rings (SSSR count). The highest BCUT2D eigenvalue weighted by Gasteiger charge is 2.16. The number of aromatic nitrogens is 2. The number of phenols is 1. The standard InChI is InChI=1S/C12H14FN3O2S/c1-19-5-4-9(14)12-15-11(16-18-12)7-2-3-10(17)8(13)6-7/h2-3,6,9,17H,4-5,14H2,1H3. The van der Waals surface area contributed by atoms with Gasteiger partial charge in [0.2, 0.25) is 11.7 Å². The Balaban J connectivity index is 2.18. The van der Waals surface area contributed by atoms with Gasteiger partial charge in [0.25, 0.3) is 0 Å². The molecule has 1 atom stereocenters. The van der Waals surface area contributed by atoms with Crippen molar-refractivity contribution < 1.29 is 14.0 Å². The van der Waals surface area contributed by atoms with Gasteiger partial charge >= 0.3 is 0 Å². The number of hydrogen-bond donors (Lipinski definition) is 2. The van der Waals surface area contributed by atoms with E-state index in [1.165, 1.54) is 12.1 Å². The van der Waals surface area contributed by atoms with Crippen LogP contribution in [0.25, 0.3) is 11.4 Å². The molecule has 19 heavy (non-hydrogen) atoms. The van der Waals surface area contributed by atoms with Gasteiger partial charge in [0.15, 0.2) is 11.6 Å². The van der Waals surface area contributed by atoms with Gasteiger partial charge in [-0.3, -0.25) is 0 Å². The van der Waals surface area contributed by atoms with Crippen molar-refractivity contribution in [3.8, 4) is 17.1 Å². The number of nitrogens with two attached hydrogens (primary N) is 1. The molecule has 0 spiro atoms. The van der Waals surface area contributed by atoms with Gasteiger partial charge in [-0.05, 0) is 36.6 Å². The number of rotatable bonds is 5. The second kappa shape index (κ2) is 6.03. The molecule has 0 bridgehead atoms. The third-order valence-corrected chi connectivity index (χ3v) is 3.24. The van der Waals surface area contributed by atoms with Gasteiger partial charge in [-0.15, -0.1) is 0 Å². The average Bonchev–Trinajstić information content (AvgIpc) is 2.89. The second-order valence-corrected chi connectivity index (χ2v) is 5.00. The molecule has 0 aliphatic carbocycles. The summed E-state index contributed by atoms with van der Waals surface area (Å²) >= 11 is 1.68. The molecule has 3 N–H and O–H groups in total. The second-order valence-electron chi connectivity index (χ2n) is 4.01. The molecule has 0 amide bonds. The zero-order chi connectivity index (χ0) is 13.8. The minimum atomic E-state index is -0.726. The molecule has 5 nitrogen and oxygen atoms in total. The highest BCUT2D eigenvalue weighted by Crippen LogP contribution is 2.24. The highest BCUT2D eigenvalue weighted by molar-refractivity contribution is 7.98. The summed E-state index contributed by atoms with van der Waals surface area (Å²) in [4.78, 5) is 4.14. The Morgan fingerprint density at radius 3 is 3.00 bits per heavy atom. The van der Waals surface area contributed by atoms with Crippen molar-refractivity contribution >= 4 is 11.8 Å². The SMILES string of the molecule is CSCCC(N)c1nc(-c2ccc(O)c(F)c2)no1. The van der Waals surface area contributed by atoms with Gasteiger partial charge in [-0.1, -0.05) is 5.16 Å². The van der Waals surface area contributed by atoms with Crippen molar-refractivity contribution in [3.05, 3.63) is 29.9 Å². The third-order valence-electron chi connectivity index (χ3n) is 2.60. The Morgan fingerprint density at radius 1 is 1.53 bits per heavy atom. The van der Waals surface area contributed by atoms with Gasteiger partial charge in [-0.25, -0.2) is 4.39 Å². The van der Waals surface area contributed by atoms with Crippen LogP contribution in [0.1, 0.15) is 18.4 Å². The molecule has 1 aromatic carbocycles. The maximum atomic E-state index is 13.2. The summed E-state index contributed by atoms with van der Waals surface area (Å²) in [5, 5.41) is 12.9. The minimum absolute atomic E-state index is 0.258. The largest absolute Gasteiger partial charge is 0.505 e. The molecule has 1 unspecified atom stereocenters. The van der Waals surface area contributed by atoms with Gasteiger partial charge in [0.05, 0.1) is 6.04 Å². The van der Waals surface area contributed by atoms with Crippen molar-refractivity contribution in [1.29, 1.82) is 0 Å². The maximum Gasteiger partial charge on any atom is 0.243 e. The Morgan fingerprint density at radius 2 is 2.32 bits per heavy atom. The van der Waals surface area contributed by atoms with Crippen molar-refractivity contribution in [2.75, 3.05) is 12.0 Å². The van der Waals surface area contributed by atoms with Crippen LogP contribution in [0.3, 0.4) is 0 Å². The van der Waals surface area contributed by atoms with Crippen LogP contribution in [0.4, 0.5) is 4.39 Å². The predicted molar refractivity (Wildman–Crippen MR) is 71.3 cm³/mol. The first-order valence-electron chi connectivity index (χ1n) is 5.69. The lowest BCUT2D eigenvalue weighted by molar-refractivity contribution is 0.353. The first-order chi connectivity index (χ1) is 9.11. The summed E-state index contributed by atoms with van der Waals surface area (Å²) in [6.45, 7) is 0. The molecule has 2 aromatic rings. The summed E-state index contributed by atoms with van der Waals surface area (Å²) in [5.41, 5.74) is 6.34. The van der Waals surface area contributed by atoms with E-state index in [1.807, 2.05) is 6.26 Å². The van der Waals surface area contributed by atoms with Crippen molar-refractivity contribution in [2.45, 2.75) is 12.5 Å². The van der Waals surface area contributed by atoms with E-state index in [4.69, 9.17) is 15.4 Å². The average molecular weight is 283 g/mol. The van der Waals surface area contributed by atoms with Crippen molar-refractivity contribution in [2.24, 2.45) is 5.73 Å². The fourth-order valence-electron chi connectivity index (χ4n) is 1.52. The number of halogens is 1. The zero-order valence-corrected chi connectivity index (χ0v) is 11.2. The lowest BCUT2D eigenvalue weighted by Crippen LogP contribution is -2.11. The molecule has 0 aliphatic heterocycles. The number of aromatic hydroxyl groups is 1. The lowest BCUT2D eigenvalue weighted by Gasteiger charge is -2.03. The van der Waals surface area contributed by atoms with Gasteiger partial charge in [0, 0.05) is 5.56 Å². The number of benzene rings is 1. The van der Waals surface area contributed by atoms with Crippen LogP contribution in [0, 0.1) is 5.82 Å². The van der Waals surface area contributed by atoms with Gasteiger partial charge < -0.3 is 15.4 Å². The quantitative estimate of drug-likeness (QED) is 0.876. The monoisotopic (exact) mass is 283 g/mol. The van der Waals surface area contributed by atoms with Crippen LogP contribution >= 0.6 is 11.8 Å². The van der Waals surface area contributed by atoms with Crippen LogP contribution in [0.15, 0.2) is 22.7 Å². The predicted octanol–water partition coefficient (Wildman–Crippen LogP) is 2.33. The molecule has 0 saturated heterocycles. The Kier molecular flexibility index (Phi) is 4.39. The fourth-order valence-corrected chi connectivity index (χ4v) is 2.01. The first-order valence-corrected chi connectivity index (χ1v) is 7.08. The van der Waals surface area contributed by atoms with E-state index in [2.05, 4.69) is 10.1 Å². The van der Waals surface area contributed by atoms with Gasteiger partial charge in [-0.2, -0.15) is 16.7 Å². The van der Waals surface area contributed by atoms with Crippen LogP contribution in [0.5, 0.6) is 5.75 Å². The molecule has 0 radical (unpaired) electrons. The summed E-state index contributed by atoms with van der Waals surface area (Å²) < 4.78 is 18.3. The Labute approximate surface area is 114 Å². The summed E-state index contributed by atoms with van der Waals surface area (Å²) in [5.74, 6) is 0.345. The minimum Gasteiger partial charge on any atom is -0.505 e. The van der Waals surface area contributed by atoms with Crippen LogP contribution < -0.4 is 5.73 Å². The van der Waals surface area contributed by atoms with E-state index in [0.29, 0.717) is 11.5 Å². The number of phenolic OH excluding ortho intramolecular Hbond substituents is 1. The molecule has 0 aliphatic rings. The lowest BCUT2D eigenvalue weighted by atomic mass is 10.2. The van der Waals surface area contributed by atoms with Crippen LogP contribution in [-0.2, 0) is 0 Å². The smallest absolute Gasteiger partial charge is 0.243 e. The van der Waals surface area contributed by atoms with Crippen molar-refractivity contribution in [1.82, 2.24) is 10.1 Å². The normalized spacial score (nSPS) is 12.6. The molecule has 1 heterocycles. The van der Waals surface area contributed by atoms with Crippen LogP contribution in [-0.4, -0.2) is 27.3 Å². The van der Waals surface area contributed by atoms with Crippen LogP contribution in [0.2, 0.25) is 0 Å². The zero-order valence-electron chi connectivity index (χ0n) is 10.3. The molecular formula is C12H14FN3O2S. The van der Waals surface area contributed by atoms with E-state index in [1.54, 1.807) is 11.8 Å². The molecule has 1 aromatic heterocycles. The number of thioether (sulfide) groups is 1. The summed E-state index contributed by atoms with van der Waals surface area (Å²) in [7, 11) is 0. The molecule has 7 heteroatoms. The molecule has 102 valence electrons. The van der Waals surface area contributed by atoms with E-state index >= 15 is 0 Å². The fraction of sp³-hybridized carbons (Fsp3) is 0.333. The van der Waals surface area contributed by atoms with E-state index in [0.717, 1.165) is 18.2 Å². The number of nitrogens with zero attached hydrogens (tertiary/aromatic N) is 2. The van der Waals surface area contributed by atoms with E-state index < -0.39 is 11.6 Å². The molecular weight excluding hydrogens is 269 g/mol. The first kappa shape index (κ1) is 13.8. The topological polar surface area (TPSA) is 85.2 Å². The third kappa shape index (κ3) is 3.24. The maximum absolute atomic E-state index is 13.2. The molecule has 0 saturated carbocycles. The highest BCUT2D eigenvalue weighted by atomic mass is 32.2. The number of hydrogen-bond acceptors (Lipinski definition) is 6. The Hall–Kier alpha value is -1.60. The Bertz CT molecular complexity index is 562. The summed E-state index contributed by atoms with van der Waals surface area (Å²) in [6.07, 6.45) is 2.72. The molecule has 0 fully saturated rings. The van der Waals surface area contributed by atoms with Crippen molar-refractivity contribution in [3.63, 3.8) is 0 Å². The van der Waals surface area contributed by atoms with E-state index in [-0.39, 0.29) is 11.9 Å². The summed E-state index contributed by atoms with van der Waals surface area (Å²) in [6, 6.07) is 3.59.